The lowest BCUT2D eigenvalue weighted by molar-refractivity contribution is 0.398. The van der Waals surface area contributed by atoms with E-state index in [1.54, 1.807) is 18.6 Å². The van der Waals surface area contributed by atoms with Crippen LogP contribution in [-0.2, 0) is 0 Å². The van der Waals surface area contributed by atoms with Gasteiger partial charge < -0.3 is 4.74 Å². The Morgan fingerprint density at radius 3 is 2.71 bits per heavy atom. The molecule has 86 valence electrons. The number of methoxy groups -OCH3 is 1. The van der Waals surface area contributed by atoms with Crippen LogP contribution in [0.5, 0.6) is 5.88 Å². The first kappa shape index (κ1) is 11.1. The summed E-state index contributed by atoms with van der Waals surface area (Å²) in [5.41, 5.74) is 3.79. The van der Waals surface area contributed by atoms with Crippen LogP contribution in [0.4, 0.5) is 5.82 Å². The third-order valence-corrected chi connectivity index (χ3v) is 2.04. The lowest BCUT2D eigenvalue weighted by Gasteiger charge is -2.03. The van der Waals surface area contributed by atoms with Crippen molar-refractivity contribution >= 4 is 12.0 Å². The molecule has 5 heteroatoms. The van der Waals surface area contributed by atoms with E-state index in [1.807, 2.05) is 30.3 Å². The summed E-state index contributed by atoms with van der Waals surface area (Å²) in [6.07, 6.45) is 4.84. The molecule has 0 spiro atoms. The van der Waals surface area contributed by atoms with Crippen LogP contribution in [0.2, 0.25) is 0 Å². The summed E-state index contributed by atoms with van der Waals surface area (Å²) < 4.78 is 5.04. The molecular formula is C12H12N4O. The van der Waals surface area contributed by atoms with E-state index in [-0.39, 0.29) is 0 Å². The monoisotopic (exact) mass is 228 g/mol. The maximum Gasteiger partial charge on any atom is 0.258 e. The highest BCUT2D eigenvalue weighted by Crippen LogP contribution is 2.15. The maximum atomic E-state index is 5.04. The van der Waals surface area contributed by atoms with Gasteiger partial charge in [-0.2, -0.15) is 5.10 Å². The molecule has 17 heavy (non-hydrogen) atoms. The van der Waals surface area contributed by atoms with Gasteiger partial charge in [0.05, 0.1) is 13.3 Å². The van der Waals surface area contributed by atoms with Crippen molar-refractivity contribution < 1.29 is 4.74 Å². The van der Waals surface area contributed by atoms with Gasteiger partial charge in [-0.15, -0.1) is 0 Å². The van der Waals surface area contributed by atoms with Gasteiger partial charge in [0.25, 0.3) is 5.88 Å². The van der Waals surface area contributed by atoms with Crippen molar-refractivity contribution in [1.29, 1.82) is 0 Å². The molecule has 0 unspecified atom stereocenters. The standard InChI is InChI=1S/C12H12N4O/c1-17-12-11(13-7-8-14-12)16-15-9-10-5-3-2-4-6-10/h2-9H,1H3,(H,13,16)/b15-9+. The summed E-state index contributed by atoms with van der Waals surface area (Å²) in [7, 11) is 1.54. The molecule has 1 N–H and O–H groups in total. The summed E-state index contributed by atoms with van der Waals surface area (Å²) in [4.78, 5) is 8.07. The van der Waals surface area contributed by atoms with Crippen LogP contribution in [0.25, 0.3) is 0 Å². The Bertz CT molecular complexity index is 499. The van der Waals surface area contributed by atoms with Gasteiger partial charge in [0.2, 0.25) is 5.82 Å². The Kier molecular flexibility index (Phi) is 3.64. The van der Waals surface area contributed by atoms with Crippen LogP contribution in [-0.4, -0.2) is 23.3 Å². The Morgan fingerprint density at radius 2 is 1.94 bits per heavy atom. The van der Waals surface area contributed by atoms with E-state index in [9.17, 15) is 0 Å². The number of hydrazone groups is 1. The van der Waals surface area contributed by atoms with Gasteiger partial charge in [0.1, 0.15) is 0 Å². The Hall–Kier alpha value is -2.43. The normalized spacial score (nSPS) is 10.4. The van der Waals surface area contributed by atoms with E-state index >= 15 is 0 Å². The van der Waals surface area contributed by atoms with Gasteiger partial charge in [-0.05, 0) is 5.56 Å². The molecule has 0 saturated carbocycles. The van der Waals surface area contributed by atoms with Crippen LogP contribution < -0.4 is 10.2 Å². The fourth-order valence-corrected chi connectivity index (χ4v) is 1.26. The molecule has 0 fully saturated rings. The molecular weight excluding hydrogens is 216 g/mol. The minimum absolute atomic E-state index is 0.415. The van der Waals surface area contributed by atoms with Gasteiger partial charge in [-0.25, -0.2) is 9.97 Å². The van der Waals surface area contributed by atoms with Gasteiger partial charge in [-0.3, -0.25) is 5.43 Å². The summed E-state index contributed by atoms with van der Waals surface area (Å²) in [5.74, 6) is 0.903. The Morgan fingerprint density at radius 1 is 1.18 bits per heavy atom. The zero-order valence-corrected chi connectivity index (χ0v) is 9.37. The number of hydrogen-bond donors (Lipinski definition) is 1. The number of rotatable bonds is 4. The van der Waals surface area contributed by atoms with Crippen LogP contribution in [0.1, 0.15) is 5.56 Å². The minimum Gasteiger partial charge on any atom is -0.478 e. The third kappa shape index (κ3) is 3.01. The minimum atomic E-state index is 0.415. The van der Waals surface area contributed by atoms with Crippen molar-refractivity contribution in [2.24, 2.45) is 5.10 Å². The number of anilines is 1. The summed E-state index contributed by atoms with van der Waals surface area (Å²) >= 11 is 0. The predicted molar refractivity (Wildman–Crippen MR) is 66.2 cm³/mol. The average molecular weight is 228 g/mol. The second-order valence-electron chi connectivity index (χ2n) is 3.19. The quantitative estimate of drug-likeness (QED) is 0.641. The van der Waals surface area contributed by atoms with Crippen LogP contribution in [0, 0.1) is 0 Å². The van der Waals surface area contributed by atoms with E-state index in [0.29, 0.717) is 11.7 Å². The molecule has 2 rings (SSSR count). The smallest absolute Gasteiger partial charge is 0.258 e. The molecule has 1 aromatic heterocycles. The van der Waals surface area contributed by atoms with Crippen molar-refractivity contribution in [3.63, 3.8) is 0 Å². The first-order chi connectivity index (χ1) is 8.40. The molecule has 0 amide bonds. The van der Waals surface area contributed by atoms with E-state index in [0.717, 1.165) is 5.56 Å². The second kappa shape index (κ2) is 5.60. The van der Waals surface area contributed by atoms with Gasteiger partial charge >= 0.3 is 0 Å². The third-order valence-electron chi connectivity index (χ3n) is 2.04. The molecule has 0 bridgehead atoms. The zero-order chi connectivity index (χ0) is 11.9. The summed E-state index contributed by atoms with van der Waals surface area (Å²) in [6.45, 7) is 0. The van der Waals surface area contributed by atoms with Crippen LogP contribution in [0.15, 0.2) is 47.8 Å². The first-order valence-electron chi connectivity index (χ1n) is 5.09. The highest BCUT2D eigenvalue weighted by atomic mass is 16.5. The molecule has 5 nitrogen and oxygen atoms in total. The number of nitrogens with one attached hydrogen (secondary N) is 1. The Balaban J connectivity index is 2.05. The lowest BCUT2D eigenvalue weighted by Crippen LogP contribution is -1.98. The maximum absolute atomic E-state index is 5.04. The van der Waals surface area contributed by atoms with Gasteiger partial charge in [0, 0.05) is 12.4 Å². The number of aromatic nitrogens is 2. The summed E-state index contributed by atoms with van der Waals surface area (Å²) in [5, 5.41) is 4.06. The lowest BCUT2D eigenvalue weighted by atomic mass is 10.2. The molecule has 2 aromatic rings. The molecule has 0 saturated heterocycles. The number of benzene rings is 1. The predicted octanol–water partition coefficient (Wildman–Crippen LogP) is 1.93. The Labute approximate surface area is 99.2 Å². The van der Waals surface area contributed by atoms with Crippen molar-refractivity contribution in [2.45, 2.75) is 0 Å². The van der Waals surface area contributed by atoms with Crippen molar-refractivity contribution in [3.05, 3.63) is 48.3 Å². The van der Waals surface area contributed by atoms with E-state index in [2.05, 4.69) is 20.5 Å². The van der Waals surface area contributed by atoms with Crippen LogP contribution in [0.3, 0.4) is 0 Å². The molecule has 0 aliphatic heterocycles. The zero-order valence-electron chi connectivity index (χ0n) is 9.37. The van der Waals surface area contributed by atoms with Crippen molar-refractivity contribution in [3.8, 4) is 5.88 Å². The fourth-order valence-electron chi connectivity index (χ4n) is 1.26. The van der Waals surface area contributed by atoms with Crippen molar-refractivity contribution in [1.82, 2.24) is 9.97 Å². The van der Waals surface area contributed by atoms with E-state index in [4.69, 9.17) is 4.74 Å². The first-order valence-corrected chi connectivity index (χ1v) is 5.09. The largest absolute Gasteiger partial charge is 0.478 e. The highest BCUT2D eigenvalue weighted by molar-refractivity contribution is 5.80. The average Bonchev–Trinajstić information content (AvgIpc) is 2.40. The highest BCUT2D eigenvalue weighted by Gasteiger charge is 2.01. The van der Waals surface area contributed by atoms with E-state index < -0.39 is 0 Å². The molecule has 1 aromatic carbocycles. The molecule has 0 aliphatic rings. The number of hydrogen-bond acceptors (Lipinski definition) is 5. The fraction of sp³-hybridized carbons (Fsp3) is 0.0833. The van der Waals surface area contributed by atoms with Gasteiger partial charge in [-0.1, -0.05) is 30.3 Å². The SMILES string of the molecule is COc1nccnc1N/N=C/c1ccccc1. The van der Waals surface area contributed by atoms with Crippen LogP contribution >= 0.6 is 0 Å². The second-order valence-corrected chi connectivity index (χ2v) is 3.19. The number of nitrogens with zero attached hydrogens (tertiary/aromatic N) is 3. The van der Waals surface area contributed by atoms with E-state index in [1.165, 1.54) is 7.11 Å². The topological polar surface area (TPSA) is 59.4 Å². The molecule has 0 aliphatic carbocycles. The van der Waals surface area contributed by atoms with Crippen molar-refractivity contribution in [2.75, 3.05) is 12.5 Å². The molecule has 0 atom stereocenters. The molecule has 0 radical (unpaired) electrons. The van der Waals surface area contributed by atoms with Gasteiger partial charge in [0.15, 0.2) is 0 Å². The molecule has 1 heterocycles. The number of ether oxygens (including phenoxy) is 1. The summed E-state index contributed by atoms with van der Waals surface area (Å²) in [6, 6.07) is 9.77.